The van der Waals surface area contributed by atoms with Crippen molar-refractivity contribution in [3.8, 4) is 6.07 Å². The van der Waals surface area contributed by atoms with Gasteiger partial charge in [-0.05, 0) is 30.7 Å². The molecule has 3 aromatic rings. The van der Waals surface area contributed by atoms with Gasteiger partial charge in [-0.3, -0.25) is 4.79 Å². The number of ketones is 1. The molecular formula is C23H20N2O. The Hall–Kier alpha value is -3.38. The molecule has 3 rings (SSSR count). The monoisotopic (exact) mass is 340 g/mol. The zero-order chi connectivity index (χ0) is 18.4. The minimum absolute atomic E-state index is 0.0561. The highest BCUT2D eigenvalue weighted by Crippen LogP contribution is 2.20. The van der Waals surface area contributed by atoms with E-state index in [-0.39, 0.29) is 12.3 Å². The predicted molar refractivity (Wildman–Crippen MR) is 104 cm³/mol. The number of anilines is 1. The molecular weight excluding hydrogens is 320 g/mol. The molecule has 0 bridgehead atoms. The van der Waals surface area contributed by atoms with E-state index in [4.69, 9.17) is 0 Å². The predicted octanol–water partition coefficient (Wildman–Crippen LogP) is 4.76. The summed E-state index contributed by atoms with van der Waals surface area (Å²) in [4.78, 5) is 14.8. The van der Waals surface area contributed by atoms with Crippen molar-refractivity contribution in [3.63, 3.8) is 0 Å². The van der Waals surface area contributed by atoms with Crippen molar-refractivity contribution in [2.75, 3.05) is 11.4 Å². The first kappa shape index (κ1) is 17.4. The molecule has 128 valence electrons. The molecule has 0 aliphatic carbocycles. The fourth-order valence-electron chi connectivity index (χ4n) is 2.86. The Labute approximate surface area is 154 Å². The minimum Gasteiger partial charge on any atom is -0.359 e. The maximum absolute atomic E-state index is 12.7. The molecule has 3 heteroatoms. The van der Waals surface area contributed by atoms with Crippen LogP contribution >= 0.6 is 0 Å². The van der Waals surface area contributed by atoms with Gasteiger partial charge in [-0.25, -0.2) is 0 Å². The number of nitrogens with zero attached hydrogens (tertiary/aromatic N) is 2. The van der Waals surface area contributed by atoms with Gasteiger partial charge >= 0.3 is 0 Å². The molecule has 0 atom stereocenters. The number of Topliss-reactive ketones (excluding diaryl/α,β-unsaturated/α-hetero) is 1. The number of carbonyl (C=O) groups excluding carboxylic acids is 1. The zero-order valence-electron chi connectivity index (χ0n) is 14.7. The second-order valence-electron chi connectivity index (χ2n) is 6.25. The average Bonchev–Trinajstić information content (AvgIpc) is 2.69. The largest absolute Gasteiger partial charge is 0.359 e. The van der Waals surface area contributed by atoms with Crippen LogP contribution in [0.25, 0.3) is 0 Å². The van der Waals surface area contributed by atoms with E-state index in [1.165, 1.54) is 5.56 Å². The normalized spacial score (nSPS) is 10.2. The van der Waals surface area contributed by atoms with Crippen LogP contribution in [0, 0.1) is 18.3 Å². The summed E-state index contributed by atoms with van der Waals surface area (Å²) >= 11 is 0. The summed E-state index contributed by atoms with van der Waals surface area (Å²) in [5.41, 5.74) is 4.37. The fourth-order valence-corrected chi connectivity index (χ4v) is 2.86. The summed E-state index contributed by atoms with van der Waals surface area (Å²) in [5.74, 6) is 0.0561. The van der Waals surface area contributed by atoms with E-state index >= 15 is 0 Å². The molecule has 0 fully saturated rings. The number of rotatable bonds is 6. The Balaban J connectivity index is 1.90. The number of hydrogen-bond acceptors (Lipinski definition) is 3. The molecule has 0 saturated heterocycles. The molecule has 3 aromatic carbocycles. The van der Waals surface area contributed by atoms with Gasteiger partial charge in [-0.15, -0.1) is 0 Å². The van der Waals surface area contributed by atoms with Crippen LogP contribution in [-0.4, -0.2) is 12.3 Å². The van der Waals surface area contributed by atoms with Gasteiger partial charge in [0.2, 0.25) is 0 Å². The summed E-state index contributed by atoms with van der Waals surface area (Å²) < 4.78 is 0. The standard InChI is InChI=1S/C23H20N2O/c1-18-11-13-22(14-12-18)25(16-21-10-6-5-9-20(21)15-24)17-23(26)19-7-3-2-4-8-19/h2-14H,16-17H2,1H3. The van der Waals surface area contributed by atoms with Crippen molar-refractivity contribution in [1.29, 1.82) is 5.26 Å². The van der Waals surface area contributed by atoms with Crippen LogP contribution in [0.1, 0.15) is 27.0 Å². The Kier molecular flexibility index (Phi) is 5.46. The second-order valence-corrected chi connectivity index (χ2v) is 6.25. The third kappa shape index (κ3) is 4.17. The van der Waals surface area contributed by atoms with E-state index in [9.17, 15) is 10.1 Å². The van der Waals surface area contributed by atoms with E-state index in [1.54, 1.807) is 0 Å². The van der Waals surface area contributed by atoms with Crippen molar-refractivity contribution in [2.45, 2.75) is 13.5 Å². The zero-order valence-corrected chi connectivity index (χ0v) is 14.7. The first-order chi connectivity index (χ1) is 12.7. The summed E-state index contributed by atoms with van der Waals surface area (Å²) in [5, 5.41) is 9.36. The number of carbonyl (C=O) groups is 1. The maximum Gasteiger partial charge on any atom is 0.182 e. The van der Waals surface area contributed by atoms with E-state index in [2.05, 4.69) is 6.07 Å². The van der Waals surface area contributed by atoms with Crippen molar-refractivity contribution in [2.24, 2.45) is 0 Å². The third-order valence-electron chi connectivity index (χ3n) is 4.33. The van der Waals surface area contributed by atoms with Crippen LogP contribution in [0.15, 0.2) is 78.9 Å². The van der Waals surface area contributed by atoms with Crippen LogP contribution in [-0.2, 0) is 6.54 Å². The minimum atomic E-state index is 0.0561. The molecule has 3 nitrogen and oxygen atoms in total. The van der Waals surface area contributed by atoms with E-state index in [0.29, 0.717) is 17.7 Å². The van der Waals surface area contributed by atoms with Gasteiger partial charge in [0.1, 0.15) is 0 Å². The van der Waals surface area contributed by atoms with Crippen molar-refractivity contribution in [1.82, 2.24) is 0 Å². The van der Waals surface area contributed by atoms with Gasteiger partial charge in [0.15, 0.2) is 5.78 Å². The smallest absolute Gasteiger partial charge is 0.182 e. The lowest BCUT2D eigenvalue weighted by Gasteiger charge is -2.25. The quantitative estimate of drug-likeness (QED) is 0.608. The summed E-state index contributed by atoms with van der Waals surface area (Å²) in [6, 6.07) is 27.2. The molecule has 0 aliphatic rings. The molecule has 0 amide bonds. The van der Waals surface area contributed by atoms with Gasteiger partial charge in [0, 0.05) is 17.8 Å². The Morgan fingerprint density at radius 2 is 1.58 bits per heavy atom. The molecule has 26 heavy (non-hydrogen) atoms. The van der Waals surface area contributed by atoms with Gasteiger partial charge in [-0.1, -0.05) is 66.2 Å². The topological polar surface area (TPSA) is 44.1 Å². The SMILES string of the molecule is Cc1ccc(N(CC(=O)c2ccccc2)Cc2ccccc2C#N)cc1. The highest BCUT2D eigenvalue weighted by molar-refractivity contribution is 5.99. The molecule has 0 heterocycles. The number of aryl methyl sites for hydroxylation is 1. The summed E-state index contributed by atoms with van der Waals surface area (Å²) in [7, 11) is 0. The van der Waals surface area contributed by atoms with Crippen molar-refractivity contribution >= 4 is 11.5 Å². The highest BCUT2D eigenvalue weighted by atomic mass is 16.1. The average molecular weight is 340 g/mol. The van der Waals surface area contributed by atoms with Crippen molar-refractivity contribution in [3.05, 3.63) is 101 Å². The lowest BCUT2D eigenvalue weighted by Crippen LogP contribution is -2.29. The van der Waals surface area contributed by atoms with Gasteiger partial charge in [-0.2, -0.15) is 5.26 Å². The molecule has 0 unspecified atom stereocenters. The molecule has 0 saturated carbocycles. The van der Waals surface area contributed by atoms with Gasteiger partial charge < -0.3 is 4.90 Å². The van der Waals surface area contributed by atoms with Crippen LogP contribution in [0.4, 0.5) is 5.69 Å². The third-order valence-corrected chi connectivity index (χ3v) is 4.33. The number of hydrogen-bond donors (Lipinski definition) is 0. The fraction of sp³-hybridized carbons (Fsp3) is 0.130. The number of benzene rings is 3. The van der Waals surface area contributed by atoms with Crippen LogP contribution in [0.2, 0.25) is 0 Å². The van der Waals surface area contributed by atoms with E-state index < -0.39 is 0 Å². The van der Waals surface area contributed by atoms with E-state index in [1.807, 2.05) is 90.7 Å². The molecule has 0 aromatic heterocycles. The van der Waals surface area contributed by atoms with Crippen LogP contribution in [0.5, 0.6) is 0 Å². The maximum atomic E-state index is 12.7. The Morgan fingerprint density at radius 1 is 0.923 bits per heavy atom. The molecule has 0 N–H and O–H groups in total. The molecule has 0 aliphatic heterocycles. The lowest BCUT2D eigenvalue weighted by atomic mass is 10.1. The Bertz CT molecular complexity index is 924. The highest BCUT2D eigenvalue weighted by Gasteiger charge is 2.15. The lowest BCUT2D eigenvalue weighted by molar-refractivity contribution is 0.0998. The molecule has 0 spiro atoms. The first-order valence-corrected chi connectivity index (χ1v) is 8.55. The summed E-state index contributed by atoms with van der Waals surface area (Å²) in [6.45, 7) is 2.80. The van der Waals surface area contributed by atoms with E-state index in [0.717, 1.165) is 11.3 Å². The van der Waals surface area contributed by atoms with Crippen molar-refractivity contribution < 1.29 is 4.79 Å². The Morgan fingerprint density at radius 3 is 2.27 bits per heavy atom. The first-order valence-electron chi connectivity index (χ1n) is 8.55. The summed E-state index contributed by atoms with van der Waals surface area (Å²) in [6.07, 6.45) is 0. The molecule has 0 radical (unpaired) electrons. The van der Waals surface area contributed by atoms with Crippen LogP contribution in [0.3, 0.4) is 0 Å². The van der Waals surface area contributed by atoms with Gasteiger partial charge in [0.25, 0.3) is 0 Å². The number of nitriles is 1. The second kappa shape index (κ2) is 8.13. The van der Waals surface area contributed by atoms with Crippen LogP contribution < -0.4 is 4.90 Å². The van der Waals surface area contributed by atoms with Gasteiger partial charge in [0.05, 0.1) is 18.2 Å².